The Morgan fingerprint density at radius 2 is 2.04 bits per heavy atom. The Bertz CT molecular complexity index is 836. The number of furan rings is 1. The van der Waals surface area contributed by atoms with Gasteiger partial charge in [-0.05, 0) is 24.3 Å². The maximum atomic E-state index is 13.5. The second kappa shape index (κ2) is 6.86. The molecule has 2 heterocycles. The number of benzene rings is 1. The molecule has 0 saturated heterocycles. The molecule has 0 saturated carbocycles. The number of amides is 1. The van der Waals surface area contributed by atoms with Gasteiger partial charge in [-0.3, -0.25) is 4.79 Å². The monoisotopic (exact) mass is 330 g/mol. The topological polar surface area (TPSA) is 80.0 Å². The molecule has 3 aromatic rings. The molecular formula is C16H12F2N4O2. The van der Waals surface area contributed by atoms with E-state index in [-0.39, 0.29) is 11.4 Å². The second-order valence-electron chi connectivity index (χ2n) is 4.80. The fourth-order valence-electron chi connectivity index (χ4n) is 1.90. The molecule has 0 spiro atoms. The van der Waals surface area contributed by atoms with Gasteiger partial charge in [0.2, 0.25) is 0 Å². The molecule has 1 aromatic carbocycles. The van der Waals surface area contributed by atoms with Gasteiger partial charge in [-0.1, -0.05) is 0 Å². The molecule has 2 N–H and O–H groups in total. The van der Waals surface area contributed by atoms with Crippen molar-refractivity contribution in [2.24, 2.45) is 0 Å². The van der Waals surface area contributed by atoms with Crippen LogP contribution in [0.5, 0.6) is 0 Å². The molecule has 0 aliphatic heterocycles. The van der Waals surface area contributed by atoms with Gasteiger partial charge in [0.15, 0.2) is 0 Å². The number of rotatable bonds is 5. The number of anilines is 2. The Kier molecular flexibility index (Phi) is 4.46. The van der Waals surface area contributed by atoms with Crippen LogP contribution in [0.25, 0.3) is 0 Å². The summed E-state index contributed by atoms with van der Waals surface area (Å²) in [7, 11) is 0. The maximum Gasteiger partial charge on any atom is 0.275 e. The fourth-order valence-corrected chi connectivity index (χ4v) is 1.90. The van der Waals surface area contributed by atoms with Gasteiger partial charge < -0.3 is 15.1 Å². The molecule has 0 unspecified atom stereocenters. The lowest BCUT2D eigenvalue weighted by Gasteiger charge is -2.07. The van der Waals surface area contributed by atoms with E-state index in [1.165, 1.54) is 12.4 Å². The molecule has 3 rings (SSSR count). The third-order valence-electron chi connectivity index (χ3n) is 3.09. The van der Waals surface area contributed by atoms with E-state index in [0.29, 0.717) is 18.4 Å². The third kappa shape index (κ3) is 3.72. The molecule has 0 fully saturated rings. The minimum atomic E-state index is -0.868. The number of hydrogen-bond donors (Lipinski definition) is 2. The summed E-state index contributed by atoms with van der Waals surface area (Å²) in [5.41, 5.74) is -0.134. The number of halogens is 2. The highest BCUT2D eigenvalue weighted by molar-refractivity contribution is 6.02. The van der Waals surface area contributed by atoms with E-state index >= 15 is 0 Å². The van der Waals surface area contributed by atoms with Crippen molar-refractivity contribution in [1.82, 2.24) is 9.97 Å². The first-order valence-electron chi connectivity index (χ1n) is 6.96. The minimum Gasteiger partial charge on any atom is -0.467 e. The maximum absolute atomic E-state index is 13.5. The van der Waals surface area contributed by atoms with Gasteiger partial charge in [0.1, 0.15) is 28.9 Å². The zero-order chi connectivity index (χ0) is 16.9. The normalized spacial score (nSPS) is 10.4. The van der Waals surface area contributed by atoms with Gasteiger partial charge in [0.25, 0.3) is 5.91 Å². The smallest absolute Gasteiger partial charge is 0.275 e. The number of carbonyl (C=O) groups excluding carboxylic acids is 1. The Hall–Kier alpha value is -3.29. The average Bonchev–Trinajstić information content (AvgIpc) is 3.09. The largest absolute Gasteiger partial charge is 0.467 e. The van der Waals surface area contributed by atoms with E-state index in [2.05, 4.69) is 20.6 Å². The van der Waals surface area contributed by atoms with Gasteiger partial charge in [0, 0.05) is 6.07 Å². The van der Waals surface area contributed by atoms with Crippen LogP contribution in [0.4, 0.5) is 20.3 Å². The molecule has 0 bridgehead atoms. The predicted molar refractivity (Wildman–Crippen MR) is 82.4 cm³/mol. The van der Waals surface area contributed by atoms with E-state index in [1.54, 1.807) is 18.4 Å². The van der Waals surface area contributed by atoms with Gasteiger partial charge >= 0.3 is 0 Å². The number of hydrogen-bond acceptors (Lipinski definition) is 5. The average molecular weight is 330 g/mol. The van der Waals surface area contributed by atoms with E-state index < -0.39 is 17.5 Å². The molecule has 0 aliphatic carbocycles. The molecule has 1 amide bonds. The highest BCUT2D eigenvalue weighted by atomic mass is 19.1. The van der Waals surface area contributed by atoms with E-state index in [9.17, 15) is 13.6 Å². The molecular weight excluding hydrogens is 318 g/mol. The lowest BCUT2D eigenvalue weighted by atomic mass is 10.3. The molecule has 2 aromatic heterocycles. The van der Waals surface area contributed by atoms with Gasteiger partial charge in [-0.15, -0.1) is 0 Å². The van der Waals surface area contributed by atoms with E-state index in [4.69, 9.17) is 4.42 Å². The summed E-state index contributed by atoms with van der Waals surface area (Å²) in [4.78, 5) is 20.0. The van der Waals surface area contributed by atoms with Crippen molar-refractivity contribution in [2.75, 3.05) is 10.6 Å². The molecule has 6 nitrogen and oxygen atoms in total. The highest BCUT2D eigenvalue weighted by Gasteiger charge is 2.12. The van der Waals surface area contributed by atoms with Gasteiger partial charge in [0.05, 0.1) is 30.9 Å². The fraction of sp³-hybridized carbons (Fsp3) is 0.0625. The van der Waals surface area contributed by atoms with Crippen LogP contribution < -0.4 is 10.6 Å². The summed E-state index contributed by atoms with van der Waals surface area (Å²) >= 11 is 0. The van der Waals surface area contributed by atoms with Crippen LogP contribution in [0.3, 0.4) is 0 Å². The van der Waals surface area contributed by atoms with Crippen molar-refractivity contribution in [2.45, 2.75) is 6.54 Å². The number of carbonyl (C=O) groups is 1. The molecule has 0 atom stereocenters. The lowest BCUT2D eigenvalue weighted by Crippen LogP contribution is -2.15. The van der Waals surface area contributed by atoms with Crippen molar-refractivity contribution in [1.29, 1.82) is 0 Å². The van der Waals surface area contributed by atoms with Gasteiger partial charge in [-0.25, -0.2) is 18.7 Å². The highest BCUT2D eigenvalue weighted by Crippen LogP contribution is 2.16. The third-order valence-corrected chi connectivity index (χ3v) is 3.09. The number of nitrogens with zero attached hydrogens (tertiary/aromatic N) is 2. The lowest BCUT2D eigenvalue weighted by molar-refractivity contribution is 0.102. The minimum absolute atomic E-state index is 0.00211. The molecule has 0 radical (unpaired) electrons. The zero-order valence-corrected chi connectivity index (χ0v) is 12.3. The van der Waals surface area contributed by atoms with Crippen molar-refractivity contribution < 1.29 is 18.0 Å². The quantitative estimate of drug-likeness (QED) is 0.751. The summed E-state index contributed by atoms with van der Waals surface area (Å²) in [6.07, 6.45) is 4.19. The standard InChI is InChI=1S/C16H12F2N4O2/c17-10-3-4-13(12(18)6-10)22-16(23)14-8-21-15(9-19-14)20-7-11-2-1-5-24-11/h1-6,8-9H,7H2,(H,20,21)(H,22,23). The van der Waals surface area contributed by atoms with Crippen molar-refractivity contribution in [3.8, 4) is 0 Å². The van der Waals surface area contributed by atoms with Crippen LogP contribution in [-0.4, -0.2) is 15.9 Å². The van der Waals surface area contributed by atoms with Gasteiger partial charge in [-0.2, -0.15) is 0 Å². The Morgan fingerprint density at radius 3 is 2.71 bits per heavy atom. The summed E-state index contributed by atoms with van der Waals surface area (Å²) in [6.45, 7) is 0.425. The summed E-state index contributed by atoms with van der Waals surface area (Å²) < 4.78 is 31.5. The molecule has 8 heteroatoms. The zero-order valence-electron chi connectivity index (χ0n) is 12.3. The molecule has 0 aliphatic rings. The Labute approximate surface area is 135 Å². The Balaban J connectivity index is 1.63. The SMILES string of the molecule is O=C(Nc1ccc(F)cc1F)c1cnc(NCc2ccco2)cn1. The second-order valence-corrected chi connectivity index (χ2v) is 4.80. The van der Waals surface area contributed by atoms with Crippen LogP contribution in [0, 0.1) is 11.6 Å². The van der Waals surface area contributed by atoms with Crippen LogP contribution in [0.2, 0.25) is 0 Å². The van der Waals surface area contributed by atoms with Crippen LogP contribution in [0.15, 0.2) is 53.4 Å². The van der Waals surface area contributed by atoms with Crippen molar-refractivity contribution in [3.05, 3.63) is 72.1 Å². The van der Waals surface area contributed by atoms with E-state index in [1.807, 2.05) is 0 Å². The first-order valence-corrected chi connectivity index (χ1v) is 6.96. The van der Waals surface area contributed by atoms with Crippen LogP contribution in [0.1, 0.15) is 16.2 Å². The van der Waals surface area contributed by atoms with Crippen LogP contribution >= 0.6 is 0 Å². The predicted octanol–water partition coefficient (Wildman–Crippen LogP) is 3.21. The number of nitrogens with one attached hydrogen (secondary N) is 2. The summed E-state index contributed by atoms with van der Waals surface area (Å²) in [5, 5.41) is 5.29. The van der Waals surface area contributed by atoms with E-state index in [0.717, 1.165) is 17.9 Å². The summed E-state index contributed by atoms with van der Waals surface area (Å²) in [6, 6.07) is 6.44. The van der Waals surface area contributed by atoms with Crippen molar-refractivity contribution >= 4 is 17.4 Å². The van der Waals surface area contributed by atoms with Crippen molar-refractivity contribution in [3.63, 3.8) is 0 Å². The number of aromatic nitrogens is 2. The summed E-state index contributed by atoms with van der Waals surface area (Å²) in [5.74, 6) is -1.06. The first kappa shape index (κ1) is 15.6. The first-order chi connectivity index (χ1) is 11.6. The Morgan fingerprint density at radius 1 is 1.17 bits per heavy atom. The molecule has 122 valence electrons. The van der Waals surface area contributed by atoms with Crippen LogP contribution in [-0.2, 0) is 6.54 Å². The molecule has 24 heavy (non-hydrogen) atoms.